The Morgan fingerprint density at radius 1 is 1.24 bits per heavy atom. The number of carbonyl (C=O) groups excluding carboxylic acids is 2. The number of rotatable bonds is 8. The topological polar surface area (TPSA) is 67.4 Å². The fourth-order valence-corrected chi connectivity index (χ4v) is 1.59. The van der Waals surface area contributed by atoms with Crippen molar-refractivity contribution >= 4 is 17.6 Å². The molecule has 1 amide bonds. The van der Waals surface area contributed by atoms with Crippen LogP contribution in [0.1, 0.15) is 19.8 Å². The predicted octanol–water partition coefficient (Wildman–Crippen LogP) is 1.84. The number of ether oxygens (including phenoxy) is 1. The second-order valence-electron chi connectivity index (χ2n) is 4.23. The first-order chi connectivity index (χ1) is 10.0. The molecule has 0 saturated carbocycles. The average Bonchev–Trinajstić information content (AvgIpc) is 2.43. The third kappa shape index (κ3) is 6.31. The third-order valence-electron chi connectivity index (χ3n) is 2.55. The van der Waals surface area contributed by atoms with Gasteiger partial charge in [-0.25, -0.2) is 8.78 Å². The van der Waals surface area contributed by atoms with Gasteiger partial charge in [0, 0.05) is 6.42 Å². The van der Waals surface area contributed by atoms with Crippen molar-refractivity contribution in [3.05, 3.63) is 29.8 Å². The molecule has 116 valence electrons. The fraction of sp³-hybridized carbons (Fsp3) is 0.429. The summed E-state index contributed by atoms with van der Waals surface area (Å²) < 4.78 is 31.3. The number of hydrogen-bond donors (Lipinski definition) is 2. The normalized spacial score (nSPS) is 10.2. The summed E-state index contributed by atoms with van der Waals surface area (Å²) in [6.45, 7) is 2.38. The minimum absolute atomic E-state index is 0.101. The lowest BCUT2D eigenvalue weighted by Crippen LogP contribution is -2.29. The summed E-state index contributed by atoms with van der Waals surface area (Å²) in [7, 11) is 0. The Balaban J connectivity index is 2.24. The molecule has 7 heteroatoms. The van der Waals surface area contributed by atoms with Crippen LogP contribution in [0.25, 0.3) is 0 Å². The minimum atomic E-state index is -0.828. The summed E-state index contributed by atoms with van der Waals surface area (Å²) in [5.74, 6) is -2.51. The highest BCUT2D eigenvalue weighted by Gasteiger charge is 2.11. The van der Waals surface area contributed by atoms with E-state index in [-0.39, 0.29) is 18.9 Å². The SMILES string of the molecule is CCOC(=O)CCCNCC(=O)Nc1c(F)cccc1F. The molecule has 0 aliphatic carbocycles. The molecule has 0 saturated heterocycles. The summed E-state index contributed by atoms with van der Waals surface area (Å²) in [4.78, 5) is 22.6. The van der Waals surface area contributed by atoms with E-state index in [1.807, 2.05) is 0 Å². The molecule has 5 nitrogen and oxygen atoms in total. The van der Waals surface area contributed by atoms with Crippen LogP contribution in [0.2, 0.25) is 0 Å². The van der Waals surface area contributed by atoms with Crippen LogP contribution in [0.4, 0.5) is 14.5 Å². The monoisotopic (exact) mass is 300 g/mol. The molecule has 1 aromatic rings. The summed E-state index contributed by atoms with van der Waals surface area (Å²) in [6, 6.07) is 3.34. The van der Waals surface area contributed by atoms with Crippen molar-refractivity contribution in [3.8, 4) is 0 Å². The average molecular weight is 300 g/mol. The van der Waals surface area contributed by atoms with E-state index >= 15 is 0 Å². The standard InChI is InChI=1S/C14H18F2N2O3/c1-2-21-13(20)7-4-8-17-9-12(19)18-14-10(15)5-3-6-11(14)16/h3,5-6,17H,2,4,7-9H2,1H3,(H,18,19). The quantitative estimate of drug-likeness (QED) is 0.568. The van der Waals surface area contributed by atoms with E-state index < -0.39 is 23.2 Å². The van der Waals surface area contributed by atoms with E-state index in [0.29, 0.717) is 19.6 Å². The molecule has 0 aliphatic heterocycles. The summed E-state index contributed by atoms with van der Waals surface area (Å²) in [5, 5.41) is 4.93. The van der Waals surface area contributed by atoms with Crippen molar-refractivity contribution in [2.45, 2.75) is 19.8 Å². The lowest BCUT2D eigenvalue weighted by atomic mass is 10.3. The van der Waals surface area contributed by atoms with Crippen LogP contribution in [0.5, 0.6) is 0 Å². The van der Waals surface area contributed by atoms with Gasteiger partial charge in [0.25, 0.3) is 0 Å². The van der Waals surface area contributed by atoms with Crippen molar-refractivity contribution in [1.29, 1.82) is 0 Å². The van der Waals surface area contributed by atoms with Crippen LogP contribution in [0.15, 0.2) is 18.2 Å². The zero-order valence-corrected chi connectivity index (χ0v) is 11.7. The van der Waals surface area contributed by atoms with Crippen molar-refractivity contribution in [2.24, 2.45) is 0 Å². The molecule has 1 rings (SSSR count). The van der Waals surface area contributed by atoms with Crippen molar-refractivity contribution < 1.29 is 23.1 Å². The summed E-state index contributed by atoms with van der Waals surface area (Å²) >= 11 is 0. The second kappa shape index (κ2) is 9.02. The lowest BCUT2D eigenvalue weighted by Gasteiger charge is -2.08. The molecule has 0 aromatic heterocycles. The molecular weight excluding hydrogens is 282 g/mol. The van der Waals surface area contributed by atoms with E-state index in [4.69, 9.17) is 4.74 Å². The first-order valence-electron chi connectivity index (χ1n) is 6.64. The molecule has 2 N–H and O–H groups in total. The number of benzene rings is 1. The van der Waals surface area contributed by atoms with Crippen molar-refractivity contribution in [3.63, 3.8) is 0 Å². The molecule has 0 spiro atoms. The predicted molar refractivity (Wildman–Crippen MR) is 73.7 cm³/mol. The van der Waals surface area contributed by atoms with E-state index in [9.17, 15) is 18.4 Å². The lowest BCUT2D eigenvalue weighted by molar-refractivity contribution is -0.143. The van der Waals surface area contributed by atoms with Gasteiger partial charge in [0.15, 0.2) is 0 Å². The highest BCUT2D eigenvalue weighted by molar-refractivity contribution is 5.92. The largest absolute Gasteiger partial charge is 0.466 e. The van der Waals surface area contributed by atoms with Gasteiger partial charge in [0.1, 0.15) is 17.3 Å². The Hall–Kier alpha value is -2.02. The van der Waals surface area contributed by atoms with Crippen LogP contribution in [-0.4, -0.2) is 31.6 Å². The van der Waals surface area contributed by atoms with Gasteiger partial charge < -0.3 is 15.4 Å². The van der Waals surface area contributed by atoms with E-state index in [0.717, 1.165) is 12.1 Å². The Morgan fingerprint density at radius 3 is 2.52 bits per heavy atom. The molecule has 0 fully saturated rings. The minimum Gasteiger partial charge on any atom is -0.466 e. The molecule has 0 aliphatic rings. The molecular formula is C14H18F2N2O3. The van der Waals surface area contributed by atoms with Gasteiger partial charge in [0.2, 0.25) is 5.91 Å². The molecule has 0 unspecified atom stereocenters. The first-order valence-corrected chi connectivity index (χ1v) is 6.64. The highest BCUT2D eigenvalue weighted by atomic mass is 19.1. The van der Waals surface area contributed by atoms with Crippen LogP contribution in [0, 0.1) is 11.6 Å². The molecule has 21 heavy (non-hydrogen) atoms. The Bertz CT molecular complexity index is 475. The first kappa shape index (κ1) is 17.0. The maximum atomic E-state index is 13.3. The van der Waals surface area contributed by atoms with Crippen LogP contribution in [0.3, 0.4) is 0 Å². The van der Waals surface area contributed by atoms with Gasteiger partial charge in [0.05, 0.1) is 13.2 Å². The van der Waals surface area contributed by atoms with Crippen molar-refractivity contribution in [1.82, 2.24) is 5.32 Å². The van der Waals surface area contributed by atoms with E-state index in [2.05, 4.69) is 10.6 Å². The smallest absolute Gasteiger partial charge is 0.305 e. The van der Waals surface area contributed by atoms with Gasteiger partial charge in [-0.1, -0.05) is 6.07 Å². The van der Waals surface area contributed by atoms with Gasteiger partial charge in [-0.15, -0.1) is 0 Å². The Kier molecular flexibility index (Phi) is 7.31. The molecule has 1 aromatic carbocycles. The highest BCUT2D eigenvalue weighted by Crippen LogP contribution is 2.17. The number of nitrogens with one attached hydrogen (secondary N) is 2. The van der Waals surface area contributed by atoms with Crippen LogP contribution < -0.4 is 10.6 Å². The number of esters is 1. The molecule has 0 heterocycles. The number of amides is 1. The summed E-state index contributed by atoms with van der Waals surface area (Å²) in [5.41, 5.74) is -0.462. The van der Waals surface area contributed by atoms with Gasteiger partial charge >= 0.3 is 5.97 Å². The molecule has 0 atom stereocenters. The fourth-order valence-electron chi connectivity index (χ4n) is 1.59. The summed E-state index contributed by atoms with van der Waals surface area (Å²) in [6.07, 6.45) is 0.768. The molecule has 0 radical (unpaired) electrons. The number of halogens is 2. The van der Waals surface area contributed by atoms with E-state index in [1.165, 1.54) is 6.07 Å². The third-order valence-corrected chi connectivity index (χ3v) is 2.55. The molecule has 0 bridgehead atoms. The maximum absolute atomic E-state index is 13.3. The van der Waals surface area contributed by atoms with Gasteiger partial charge in [-0.3, -0.25) is 9.59 Å². The van der Waals surface area contributed by atoms with Gasteiger partial charge in [-0.05, 0) is 32.0 Å². The van der Waals surface area contributed by atoms with Crippen LogP contribution >= 0.6 is 0 Å². The van der Waals surface area contributed by atoms with Crippen LogP contribution in [-0.2, 0) is 14.3 Å². The number of hydrogen-bond acceptors (Lipinski definition) is 4. The van der Waals surface area contributed by atoms with Gasteiger partial charge in [-0.2, -0.15) is 0 Å². The Labute approximate surface area is 121 Å². The zero-order valence-electron chi connectivity index (χ0n) is 11.7. The van der Waals surface area contributed by atoms with E-state index in [1.54, 1.807) is 6.92 Å². The zero-order chi connectivity index (χ0) is 15.7. The number of carbonyl (C=O) groups is 2. The maximum Gasteiger partial charge on any atom is 0.305 e. The van der Waals surface area contributed by atoms with Crippen molar-refractivity contribution in [2.75, 3.05) is 25.0 Å². The number of anilines is 1. The number of para-hydroxylation sites is 1. The Morgan fingerprint density at radius 2 is 1.90 bits per heavy atom. The second-order valence-corrected chi connectivity index (χ2v) is 4.23.